The molecule has 0 fully saturated rings. The molecule has 2 aromatic carbocycles. The van der Waals surface area contributed by atoms with Gasteiger partial charge >= 0.3 is 0 Å². The zero-order valence-corrected chi connectivity index (χ0v) is 14.2. The Kier molecular flexibility index (Phi) is 4.53. The second-order valence-electron chi connectivity index (χ2n) is 6.14. The van der Waals surface area contributed by atoms with Gasteiger partial charge in [0.2, 0.25) is 0 Å². The molecule has 1 atom stereocenters. The van der Waals surface area contributed by atoms with E-state index >= 15 is 0 Å². The van der Waals surface area contributed by atoms with Gasteiger partial charge in [0, 0.05) is 6.04 Å². The van der Waals surface area contributed by atoms with E-state index in [1.807, 2.05) is 0 Å². The Labute approximate surface area is 129 Å². The largest absolute Gasteiger partial charge is 0.324 e. The summed E-state index contributed by atoms with van der Waals surface area (Å²) in [7, 11) is 0. The van der Waals surface area contributed by atoms with Crippen LogP contribution in [0.15, 0.2) is 24.3 Å². The van der Waals surface area contributed by atoms with Gasteiger partial charge in [-0.25, -0.2) is 0 Å². The number of hydrogen-bond donors (Lipinski definition) is 1. The lowest BCUT2D eigenvalue weighted by atomic mass is 9.85. The molecule has 1 unspecified atom stereocenters. The van der Waals surface area contributed by atoms with Crippen molar-refractivity contribution in [1.29, 1.82) is 0 Å². The minimum absolute atomic E-state index is 0.123. The molecule has 0 amide bonds. The predicted molar refractivity (Wildman–Crippen MR) is 92.8 cm³/mol. The van der Waals surface area contributed by atoms with Crippen molar-refractivity contribution in [2.24, 2.45) is 5.73 Å². The SMILES string of the molecule is CCC(N)c1cccc(-c2c(C)c(C)c(C)c(C)c2C)c1. The molecule has 112 valence electrons. The smallest absolute Gasteiger partial charge is 0.0292 e. The molecule has 0 bridgehead atoms. The second kappa shape index (κ2) is 6.03. The summed E-state index contributed by atoms with van der Waals surface area (Å²) in [5.41, 5.74) is 17.1. The lowest BCUT2D eigenvalue weighted by Crippen LogP contribution is -2.08. The van der Waals surface area contributed by atoms with Gasteiger partial charge in [-0.3, -0.25) is 0 Å². The van der Waals surface area contributed by atoms with Crippen LogP contribution >= 0.6 is 0 Å². The van der Waals surface area contributed by atoms with Crippen molar-refractivity contribution < 1.29 is 0 Å². The third kappa shape index (κ3) is 2.75. The molecule has 2 aromatic rings. The van der Waals surface area contributed by atoms with Gasteiger partial charge in [0.05, 0.1) is 0 Å². The van der Waals surface area contributed by atoms with Gasteiger partial charge in [-0.1, -0.05) is 25.1 Å². The highest BCUT2D eigenvalue weighted by Gasteiger charge is 2.14. The zero-order chi connectivity index (χ0) is 15.7. The molecule has 21 heavy (non-hydrogen) atoms. The maximum Gasteiger partial charge on any atom is 0.0292 e. The van der Waals surface area contributed by atoms with Crippen LogP contribution in [0, 0.1) is 34.6 Å². The van der Waals surface area contributed by atoms with E-state index < -0.39 is 0 Å². The van der Waals surface area contributed by atoms with Crippen LogP contribution in [0.3, 0.4) is 0 Å². The fourth-order valence-corrected chi connectivity index (χ4v) is 3.09. The zero-order valence-electron chi connectivity index (χ0n) is 14.2. The van der Waals surface area contributed by atoms with Gasteiger partial charge in [-0.2, -0.15) is 0 Å². The number of hydrogen-bond acceptors (Lipinski definition) is 1. The molecule has 0 heterocycles. The summed E-state index contributed by atoms with van der Waals surface area (Å²) in [6.45, 7) is 13.3. The van der Waals surface area contributed by atoms with Crippen LogP contribution in [-0.4, -0.2) is 0 Å². The highest BCUT2D eigenvalue weighted by molar-refractivity contribution is 5.75. The van der Waals surface area contributed by atoms with Crippen LogP contribution in [0.5, 0.6) is 0 Å². The van der Waals surface area contributed by atoms with Crippen LogP contribution < -0.4 is 5.73 Å². The van der Waals surface area contributed by atoms with Crippen molar-refractivity contribution in [3.63, 3.8) is 0 Å². The number of rotatable bonds is 3. The van der Waals surface area contributed by atoms with E-state index in [1.165, 1.54) is 44.5 Å². The van der Waals surface area contributed by atoms with Crippen LogP contribution in [0.2, 0.25) is 0 Å². The van der Waals surface area contributed by atoms with Crippen molar-refractivity contribution in [3.05, 3.63) is 57.6 Å². The summed E-state index contributed by atoms with van der Waals surface area (Å²) in [4.78, 5) is 0. The summed E-state index contributed by atoms with van der Waals surface area (Å²) < 4.78 is 0. The first-order valence-corrected chi connectivity index (χ1v) is 7.81. The Morgan fingerprint density at radius 1 is 0.857 bits per heavy atom. The lowest BCUT2D eigenvalue weighted by molar-refractivity contribution is 0.699. The molecule has 0 aromatic heterocycles. The lowest BCUT2D eigenvalue weighted by Gasteiger charge is -2.20. The minimum atomic E-state index is 0.123. The fraction of sp³-hybridized carbons (Fsp3) is 0.400. The average Bonchev–Trinajstić information content (AvgIpc) is 2.50. The van der Waals surface area contributed by atoms with Crippen molar-refractivity contribution in [3.8, 4) is 11.1 Å². The van der Waals surface area contributed by atoms with Crippen LogP contribution in [0.1, 0.15) is 52.8 Å². The number of benzene rings is 2. The molecule has 1 nitrogen and oxygen atoms in total. The van der Waals surface area contributed by atoms with Crippen LogP contribution in [-0.2, 0) is 0 Å². The van der Waals surface area contributed by atoms with Crippen molar-refractivity contribution in [2.75, 3.05) is 0 Å². The molecule has 0 saturated carbocycles. The quantitative estimate of drug-likeness (QED) is 0.811. The molecule has 0 aliphatic heterocycles. The molecule has 2 rings (SSSR count). The van der Waals surface area contributed by atoms with Gasteiger partial charge in [-0.05, 0) is 91.6 Å². The van der Waals surface area contributed by atoms with E-state index in [9.17, 15) is 0 Å². The molecule has 2 N–H and O–H groups in total. The standard InChI is InChI=1S/C20H27N/c1-7-19(21)17-9-8-10-18(11-17)20-15(5)13(3)12(2)14(4)16(20)6/h8-11,19H,7,21H2,1-6H3. The molecular weight excluding hydrogens is 254 g/mol. The Balaban J connectivity index is 2.68. The van der Waals surface area contributed by atoms with E-state index in [-0.39, 0.29) is 6.04 Å². The van der Waals surface area contributed by atoms with E-state index in [0.29, 0.717) is 0 Å². The molecule has 1 heteroatoms. The summed E-state index contributed by atoms with van der Waals surface area (Å²) >= 11 is 0. The molecule has 0 radical (unpaired) electrons. The first kappa shape index (κ1) is 15.8. The van der Waals surface area contributed by atoms with Gasteiger partial charge in [-0.15, -0.1) is 0 Å². The molecule has 0 spiro atoms. The predicted octanol–water partition coefficient (Wildman–Crippen LogP) is 5.31. The third-order valence-electron chi connectivity index (χ3n) is 5.04. The monoisotopic (exact) mass is 281 g/mol. The normalized spacial score (nSPS) is 12.5. The summed E-state index contributed by atoms with van der Waals surface area (Å²) in [5.74, 6) is 0. The van der Waals surface area contributed by atoms with E-state index in [1.54, 1.807) is 0 Å². The molecule has 0 saturated heterocycles. The van der Waals surface area contributed by atoms with E-state index in [0.717, 1.165) is 6.42 Å². The summed E-state index contributed by atoms with van der Waals surface area (Å²) in [6, 6.07) is 8.85. The van der Waals surface area contributed by atoms with Crippen molar-refractivity contribution in [2.45, 2.75) is 54.0 Å². The maximum absolute atomic E-state index is 6.20. The van der Waals surface area contributed by atoms with E-state index in [4.69, 9.17) is 5.73 Å². The van der Waals surface area contributed by atoms with Gasteiger partial charge < -0.3 is 5.73 Å². The molecular formula is C20H27N. The first-order chi connectivity index (χ1) is 9.88. The fourth-order valence-electron chi connectivity index (χ4n) is 3.09. The van der Waals surface area contributed by atoms with Crippen molar-refractivity contribution in [1.82, 2.24) is 0 Å². The Hall–Kier alpha value is -1.60. The topological polar surface area (TPSA) is 26.0 Å². The Bertz CT molecular complexity index is 639. The number of nitrogens with two attached hydrogens (primary N) is 1. The molecule has 0 aliphatic carbocycles. The first-order valence-electron chi connectivity index (χ1n) is 7.81. The van der Waals surface area contributed by atoms with Crippen LogP contribution in [0.25, 0.3) is 11.1 Å². The summed E-state index contributed by atoms with van der Waals surface area (Å²) in [5, 5.41) is 0. The third-order valence-corrected chi connectivity index (χ3v) is 5.04. The second-order valence-corrected chi connectivity index (χ2v) is 6.14. The maximum atomic E-state index is 6.20. The highest BCUT2D eigenvalue weighted by Crippen LogP contribution is 2.34. The Morgan fingerprint density at radius 2 is 1.38 bits per heavy atom. The minimum Gasteiger partial charge on any atom is -0.324 e. The van der Waals surface area contributed by atoms with Gasteiger partial charge in [0.15, 0.2) is 0 Å². The Morgan fingerprint density at radius 3 is 1.90 bits per heavy atom. The van der Waals surface area contributed by atoms with Gasteiger partial charge in [0.1, 0.15) is 0 Å². The highest BCUT2D eigenvalue weighted by atomic mass is 14.6. The van der Waals surface area contributed by atoms with E-state index in [2.05, 4.69) is 65.8 Å². The van der Waals surface area contributed by atoms with Crippen molar-refractivity contribution >= 4 is 0 Å². The van der Waals surface area contributed by atoms with Crippen LogP contribution in [0.4, 0.5) is 0 Å². The summed E-state index contributed by atoms with van der Waals surface area (Å²) in [6.07, 6.45) is 0.966. The van der Waals surface area contributed by atoms with Gasteiger partial charge in [0.25, 0.3) is 0 Å². The molecule has 0 aliphatic rings. The average molecular weight is 281 g/mol.